The van der Waals surface area contributed by atoms with Crippen LogP contribution in [-0.2, 0) is 0 Å². The normalized spacial score (nSPS) is 16.5. The van der Waals surface area contributed by atoms with Gasteiger partial charge in [-0.25, -0.2) is 0 Å². The number of benzene rings is 1. The van der Waals surface area contributed by atoms with Crippen molar-refractivity contribution >= 4 is 21.8 Å². The van der Waals surface area contributed by atoms with Gasteiger partial charge in [0.25, 0.3) is 5.91 Å². The second-order valence-corrected chi connectivity index (χ2v) is 6.09. The molecule has 0 spiro atoms. The second kappa shape index (κ2) is 7.67. The zero-order valence-electron chi connectivity index (χ0n) is 12.0. The molecule has 1 saturated carbocycles. The number of ether oxygens (including phenoxy) is 1. The average molecular weight is 340 g/mol. The standard InChI is InChI=1S/C16H22BrNO2/c1-2-20-15-10-9-12(11-14(15)17)16(19)18-13-7-5-3-4-6-8-13/h9-11,13H,2-8H2,1H3,(H,18,19). The van der Waals surface area contributed by atoms with E-state index in [1.807, 2.05) is 25.1 Å². The van der Waals surface area contributed by atoms with E-state index in [-0.39, 0.29) is 5.91 Å². The maximum Gasteiger partial charge on any atom is 0.251 e. The van der Waals surface area contributed by atoms with E-state index in [0.29, 0.717) is 18.2 Å². The molecule has 2 rings (SSSR count). The highest BCUT2D eigenvalue weighted by molar-refractivity contribution is 9.10. The van der Waals surface area contributed by atoms with Gasteiger partial charge in [-0.2, -0.15) is 0 Å². The lowest BCUT2D eigenvalue weighted by Gasteiger charge is -2.16. The summed E-state index contributed by atoms with van der Waals surface area (Å²) in [5, 5.41) is 3.15. The first-order chi connectivity index (χ1) is 9.70. The van der Waals surface area contributed by atoms with E-state index in [2.05, 4.69) is 21.2 Å². The molecule has 20 heavy (non-hydrogen) atoms. The molecule has 1 N–H and O–H groups in total. The lowest BCUT2D eigenvalue weighted by atomic mass is 10.1. The fourth-order valence-electron chi connectivity index (χ4n) is 2.61. The number of halogens is 1. The maximum atomic E-state index is 12.3. The number of hydrogen-bond donors (Lipinski definition) is 1. The van der Waals surface area contributed by atoms with E-state index in [0.717, 1.165) is 23.1 Å². The summed E-state index contributed by atoms with van der Waals surface area (Å²) in [4.78, 5) is 12.3. The Morgan fingerprint density at radius 3 is 2.60 bits per heavy atom. The molecule has 0 atom stereocenters. The van der Waals surface area contributed by atoms with Gasteiger partial charge in [0, 0.05) is 11.6 Å². The van der Waals surface area contributed by atoms with E-state index in [1.165, 1.54) is 25.7 Å². The average Bonchev–Trinajstić information content (AvgIpc) is 2.70. The summed E-state index contributed by atoms with van der Waals surface area (Å²) in [6.45, 7) is 2.56. The fourth-order valence-corrected chi connectivity index (χ4v) is 3.10. The van der Waals surface area contributed by atoms with E-state index < -0.39 is 0 Å². The lowest BCUT2D eigenvalue weighted by Crippen LogP contribution is -2.34. The molecule has 0 heterocycles. The van der Waals surface area contributed by atoms with Crippen molar-refractivity contribution in [3.05, 3.63) is 28.2 Å². The van der Waals surface area contributed by atoms with Gasteiger partial charge in [-0.15, -0.1) is 0 Å². The topological polar surface area (TPSA) is 38.3 Å². The molecular weight excluding hydrogens is 318 g/mol. The van der Waals surface area contributed by atoms with Gasteiger partial charge in [-0.05, 0) is 53.9 Å². The Morgan fingerprint density at radius 2 is 2.00 bits per heavy atom. The van der Waals surface area contributed by atoms with Crippen LogP contribution in [0.5, 0.6) is 5.75 Å². The van der Waals surface area contributed by atoms with E-state index in [4.69, 9.17) is 4.74 Å². The summed E-state index contributed by atoms with van der Waals surface area (Å²) >= 11 is 3.45. The quantitative estimate of drug-likeness (QED) is 0.830. The van der Waals surface area contributed by atoms with Gasteiger partial charge < -0.3 is 10.1 Å². The van der Waals surface area contributed by atoms with Crippen molar-refractivity contribution in [2.75, 3.05) is 6.61 Å². The van der Waals surface area contributed by atoms with Crippen LogP contribution in [-0.4, -0.2) is 18.6 Å². The van der Waals surface area contributed by atoms with Crippen molar-refractivity contribution < 1.29 is 9.53 Å². The van der Waals surface area contributed by atoms with Crippen LogP contribution in [0, 0.1) is 0 Å². The molecular formula is C16H22BrNO2. The molecule has 1 aliphatic rings. The summed E-state index contributed by atoms with van der Waals surface area (Å²) in [6, 6.07) is 5.82. The number of hydrogen-bond acceptors (Lipinski definition) is 2. The minimum absolute atomic E-state index is 0.0145. The Bertz CT molecular complexity index is 454. The largest absolute Gasteiger partial charge is 0.493 e. The first kappa shape index (κ1) is 15.4. The molecule has 1 aromatic carbocycles. The summed E-state index contributed by atoms with van der Waals surface area (Å²) in [6.07, 6.45) is 7.23. The van der Waals surface area contributed by atoms with Gasteiger partial charge in [-0.3, -0.25) is 4.79 Å². The Morgan fingerprint density at radius 1 is 1.30 bits per heavy atom. The summed E-state index contributed by atoms with van der Waals surface area (Å²) in [7, 11) is 0. The highest BCUT2D eigenvalue weighted by Crippen LogP contribution is 2.26. The molecule has 110 valence electrons. The molecule has 0 radical (unpaired) electrons. The van der Waals surface area contributed by atoms with Crippen LogP contribution < -0.4 is 10.1 Å². The Kier molecular flexibility index (Phi) is 5.89. The third kappa shape index (κ3) is 4.23. The molecule has 1 amide bonds. The summed E-state index contributed by atoms with van der Waals surface area (Å²) < 4.78 is 6.29. The molecule has 1 fully saturated rings. The molecule has 1 aromatic rings. The Labute approximate surface area is 129 Å². The second-order valence-electron chi connectivity index (χ2n) is 5.24. The lowest BCUT2D eigenvalue weighted by molar-refractivity contribution is 0.0933. The minimum Gasteiger partial charge on any atom is -0.493 e. The van der Waals surface area contributed by atoms with Crippen LogP contribution in [0.2, 0.25) is 0 Å². The number of amides is 1. The maximum absolute atomic E-state index is 12.3. The van der Waals surface area contributed by atoms with Crippen molar-refractivity contribution in [1.82, 2.24) is 5.32 Å². The van der Waals surface area contributed by atoms with Crippen LogP contribution in [0.1, 0.15) is 55.8 Å². The molecule has 1 aliphatic carbocycles. The number of carbonyl (C=O) groups is 1. The zero-order valence-corrected chi connectivity index (χ0v) is 13.5. The van der Waals surface area contributed by atoms with Crippen LogP contribution in [0.3, 0.4) is 0 Å². The highest BCUT2D eigenvalue weighted by Gasteiger charge is 2.16. The van der Waals surface area contributed by atoms with Gasteiger partial charge in [0.2, 0.25) is 0 Å². The van der Waals surface area contributed by atoms with Crippen molar-refractivity contribution in [2.45, 2.75) is 51.5 Å². The van der Waals surface area contributed by atoms with Gasteiger partial charge in [0.15, 0.2) is 0 Å². The predicted octanol–water partition coefficient (Wildman–Crippen LogP) is 4.30. The molecule has 0 saturated heterocycles. The fraction of sp³-hybridized carbons (Fsp3) is 0.562. The van der Waals surface area contributed by atoms with Crippen molar-refractivity contribution in [1.29, 1.82) is 0 Å². The zero-order chi connectivity index (χ0) is 14.4. The summed E-state index contributed by atoms with van der Waals surface area (Å²) in [5.41, 5.74) is 0.685. The highest BCUT2D eigenvalue weighted by atomic mass is 79.9. The van der Waals surface area contributed by atoms with E-state index >= 15 is 0 Å². The molecule has 0 unspecified atom stereocenters. The first-order valence-corrected chi connectivity index (χ1v) is 8.23. The number of carbonyl (C=O) groups excluding carboxylic acids is 1. The van der Waals surface area contributed by atoms with Gasteiger partial charge in [0.05, 0.1) is 11.1 Å². The smallest absolute Gasteiger partial charge is 0.251 e. The van der Waals surface area contributed by atoms with Gasteiger partial charge >= 0.3 is 0 Å². The number of nitrogens with one attached hydrogen (secondary N) is 1. The first-order valence-electron chi connectivity index (χ1n) is 7.44. The monoisotopic (exact) mass is 339 g/mol. The van der Waals surface area contributed by atoms with Crippen LogP contribution in [0.25, 0.3) is 0 Å². The number of rotatable bonds is 4. The Balaban J connectivity index is 1.99. The predicted molar refractivity (Wildman–Crippen MR) is 84.3 cm³/mol. The van der Waals surface area contributed by atoms with Crippen molar-refractivity contribution in [3.8, 4) is 5.75 Å². The van der Waals surface area contributed by atoms with Crippen molar-refractivity contribution in [2.24, 2.45) is 0 Å². The van der Waals surface area contributed by atoms with E-state index in [1.54, 1.807) is 0 Å². The third-order valence-electron chi connectivity index (χ3n) is 3.68. The molecule has 0 aromatic heterocycles. The van der Waals surface area contributed by atoms with E-state index in [9.17, 15) is 4.79 Å². The molecule has 4 heteroatoms. The SMILES string of the molecule is CCOc1ccc(C(=O)NC2CCCCCC2)cc1Br. The van der Waals surface area contributed by atoms with Crippen LogP contribution >= 0.6 is 15.9 Å². The van der Waals surface area contributed by atoms with Crippen LogP contribution in [0.15, 0.2) is 22.7 Å². The Hall–Kier alpha value is -1.03. The van der Waals surface area contributed by atoms with Gasteiger partial charge in [-0.1, -0.05) is 25.7 Å². The molecule has 0 aliphatic heterocycles. The van der Waals surface area contributed by atoms with Crippen molar-refractivity contribution in [3.63, 3.8) is 0 Å². The molecule has 0 bridgehead atoms. The third-order valence-corrected chi connectivity index (χ3v) is 4.30. The minimum atomic E-state index is 0.0145. The summed E-state index contributed by atoms with van der Waals surface area (Å²) in [5.74, 6) is 0.791. The van der Waals surface area contributed by atoms with Crippen LogP contribution in [0.4, 0.5) is 0 Å². The molecule has 3 nitrogen and oxygen atoms in total. The van der Waals surface area contributed by atoms with Gasteiger partial charge in [0.1, 0.15) is 5.75 Å².